The maximum Gasteiger partial charge on any atom is 0.318 e. The van der Waals surface area contributed by atoms with E-state index in [1.807, 2.05) is 38.1 Å². The van der Waals surface area contributed by atoms with Crippen LogP contribution >= 0.6 is 0 Å². The second-order valence-corrected chi connectivity index (χ2v) is 6.37. The normalized spacial score (nSPS) is 10.8. The number of aryl methyl sites for hydroxylation is 2. The minimum Gasteiger partial charge on any atom is -0.450 e. The number of rotatable bonds is 6. The number of nitrogens with zero attached hydrogens (tertiary/aromatic N) is 3. The molecule has 0 radical (unpaired) electrons. The van der Waals surface area contributed by atoms with Crippen LogP contribution in [-0.4, -0.2) is 16.1 Å². The molecular weight excluding hydrogens is 374 g/mol. The third-order valence-electron chi connectivity index (χ3n) is 4.29. The minimum absolute atomic E-state index is 0.0798. The van der Waals surface area contributed by atoms with Crippen LogP contribution in [0.25, 0.3) is 0 Å². The molecule has 3 aromatic rings. The van der Waals surface area contributed by atoms with E-state index in [2.05, 4.69) is 4.99 Å². The first kappa shape index (κ1) is 19.7. The fourth-order valence-corrected chi connectivity index (χ4v) is 2.59. The zero-order valence-corrected chi connectivity index (χ0v) is 15.7. The highest BCUT2D eigenvalue weighted by Crippen LogP contribution is 2.34. The predicted octanol–water partition coefficient (Wildman–Crippen LogP) is 5.66. The summed E-state index contributed by atoms with van der Waals surface area (Å²) in [6.45, 7) is 4.04. The molecule has 29 heavy (non-hydrogen) atoms. The molecule has 0 unspecified atom stereocenters. The molecule has 146 valence electrons. The van der Waals surface area contributed by atoms with E-state index in [9.17, 15) is 20.2 Å². The van der Waals surface area contributed by atoms with Gasteiger partial charge in [0.2, 0.25) is 5.75 Å². The minimum atomic E-state index is -0.715. The van der Waals surface area contributed by atoms with Crippen LogP contribution in [0.5, 0.6) is 11.5 Å². The third kappa shape index (κ3) is 4.81. The lowest BCUT2D eigenvalue weighted by Gasteiger charge is -2.07. The van der Waals surface area contributed by atoms with E-state index in [-0.39, 0.29) is 11.4 Å². The second-order valence-electron chi connectivity index (χ2n) is 6.37. The van der Waals surface area contributed by atoms with E-state index in [1.165, 1.54) is 11.6 Å². The summed E-state index contributed by atoms with van der Waals surface area (Å²) < 4.78 is 5.61. The van der Waals surface area contributed by atoms with Crippen molar-refractivity contribution in [2.45, 2.75) is 13.8 Å². The van der Waals surface area contributed by atoms with E-state index < -0.39 is 15.5 Å². The van der Waals surface area contributed by atoms with Crippen LogP contribution in [0.1, 0.15) is 16.7 Å². The largest absolute Gasteiger partial charge is 0.450 e. The topological polar surface area (TPSA) is 108 Å². The maximum atomic E-state index is 11.2. The van der Waals surface area contributed by atoms with Crippen LogP contribution in [0.15, 0.2) is 65.7 Å². The Morgan fingerprint density at radius 3 is 2.38 bits per heavy atom. The molecule has 0 saturated heterocycles. The lowest BCUT2D eigenvalue weighted by atomic mass is 10.1. The molecule has 0 spiro atoms. The molecule has 0 saturated carbocycles. The van der Waals surface area contributed by atoms with Crippen LogP contribution in [0, 0.1) is 34.1 Å². The summed E-state index contributed by atoms with van der Waals surface area (Å²) in [7, 11) is 0. The SMILES string of the molecule is Cc1ccc(N=Cc2cccc(Oc3ccc([N+](=O)[O-])cc3[N+](=O)[O-])c2)cc1C. The predicted molar refractivity (Wildman–Crippen MR) is 109 cm³/mol. The highest BCUT2D eigenvalue weighted by atomic mass is 16.6. The zero-order valence-electron chi connectivity index (χ0n) is 15.7. The number of ether oxygens (including phenoxy) is 1. The molecule has 8 heteroatoms. The Morgan fingerprint density at radius 2 is 1.69 bits per heavy atom. The van der Waals surface area contributed by atoms with Gasteiger partial charge in [-0.15, -0.1) is 0 Å². The van der Waals surface area contributed by atoms with Crippen molar-refractivity contribution in [3.8, 4) is 11.5 Å². The molecule has 0 amide bonds. The van der Waals surface area contributed by atoms with E-state index in [4.69, 9.17) is 4.74 Å². The van der Waals surface area contributed by atoms with Crippen LogP contribution in [0.2, 0.25) is 0 Å². The number of benzene rings is 3. The molecule has 0 aliphatic rings. The van der Waals surface area contributed by atoms with Gasteiger partial charge < -0.3 is 4.74 Å². The van der Waals surface area contributed by atoms with Gasteiger partial charge in [0.25, 0.3) is 5.69 Å². The van der Waals surface area contributed by atoms with Crippen molar-refractivity contribution in [2.24, 2.45) is 4.99 Å². The third-order valence-corrected chi connectivity index (χ3v) is 4.29. The summed E-state index contributed by atoms with van der Waals surface area (Å²) in [4.78, 5) is 25.1. The van der Waals surface area contributed by atoms with Crippen LogP contribution in [0.3, 0.4) is 0 Å². The lowest BCUT2D eigenvalue weighted by molar-refractivity contribution is -0.394. The number of nitro benzene ring substituents is 2. The second kappa shape index (κ2) is 8.30. The van der Waals surface area contributed by atoms with Gasteiger partial charge in [-0.05, 0) is 60.9 Å². The van der Waals surface area contributed by atoms with E-state index in [0.717, 1.165) is 28.9 Å². The fraction of sp³-hybridized carbons (Fsp3) is 0.0952. The van der Waals surface area contributed by atoms with Crippen LogP contribution in [0.4, 0.5) is 17.1 Å². The van der Waals surface area contributed by atoms with Gasteiger partial charge in [0, 0.05) is 12.3 Å². The van der Waals surface area contributed by atoms with Crippen molar-refractivity contribution < 1.29 is 14.6 Å². The first-order chi connectivity index (χ1) is 13.8. The molecule has 0 fully saturated rings. The number of nitro groups is 2. The summed E-state index contributed by atoms with van der Waals surface area (Å²) in [5, 5.41) is 22.1. The Morgan fingerprint density at radius 1 is 0.897 bits per heavy atom. The Hall–Kier alpha value is -4.07. The molecule has 3 rings (SSSR count). The maximum absolute atomic E-state index is 11.2. The van der Waals surface area contributed by atoms with Gasteiger partial charge in [-0.3, -0.25) is 25.2 Å². The van der Waals surface area contributed by atoms with Gasteiger partial charge in [0.15, 0.2) is 0 Å². The van der Waals surface area contributed by atoms with Gasteiger partial charge >= 0.3 is 5.69 Å². The van der Waals surface area contributed by atoms with Crippen molar-refractivity contribution in [2.75, 3.05) is 0 Å². The quantitative estimate of drug-likeness (QED) is 0.306. The van der Waals surface area contributed by atoms with E-state index >= 15 is 0 Å². The highest BCUT2D eigenvalue weighted by molar-refractivity contribution is 5.82. The Balaban J connectivity index is 1.85. The van der Waals surface area contributed by atoms with Gasteiger partial charge in [0.1, 0.15) is 5.75 Å². The number of non-ortho nitro benzene ring substituents is 1. The van der Waals surface area contributed by atoms with E-state index in [1.54, 1.807) is 24.4 Å². The molecule has 3 aromatic carbocycles. The van der Waals surface area contributed by atoms with E-state index in [0.29, 0.717) is 5.75 Å². The molecular formula is C21H17N3O5. The number of aliphatic imine (C=N–C) groups is 1. The molecule has 0 bridgehead atoms. The summed E-state index contributed by atoms with van der Waals surface area (Å²) >= 11 is 0. The molecule has 0 aromatic heterocycles. The first-order valence-corrected chi connectivity index (χ1v) is 8.65. The fourth-order valence-electron chi connectivity index (χ4n) is 2.59. The smallest absolute Gasteiger partial charge is 0.318 e. The lowest BCUT2D eigenvalue weighted by Crippen LogP contribution is -1.96. The standard InChI is InChI=1S/C21H17N3O5/c1-14-6-7-17(10-15(14)2)22-13-16-4-3-5-19(11-16)29-21-9-8-18(23(25)26)12-20(21)24(27)28/h3-13H,1-2H3. The summed E-state index contributed by atoms with van der Waals surface area (Å²) in [6.07, 6.45) is 1.67. The Kier molecular flexibility index (Phi) is 5.64. The zero-order chi connectivity index (χ0) is 21.0. The average molecular weight is 391 g/mol. The van der Waals surface area contributed by atoms with Crippen molar-refractivity contribution in [1.82, 2.24) is 0 Å². The van der Waals surface area contributed by atoms with Crippen LogP contribution < -0.4 is 4.74 Å². The van der Waals surface area contributed by atoms with Gasteiger partial charge in [0.05, 0.1) is 21.6 Å². The number of hydrogen-bond acceptors (Lipinski definition) is 6. The summed E-state index contributed by atoms with van der Waals surface area (Å²) in [5.41, 5.74) is 3.02. The molecule has 8 nitrogen and oxygen atoms in total. The Labute approximate surface area is 166 Å². The monoisotopic (exact) mass is 391 g/mol. The molecule has 0 N–H and O–H groups in total. The number of hydrogen-bond donors (Lipinski definition) is 0. The molecule has 0 atom stereocenters. The van der Waals surface area contributed by atoms with Crippen molar-refractivity contribution in [3.63, 3.8) is 0 Å². The van der Waals surface area contributed by atoms with Crippen molar-refractivity contribution >= 4 is 23.3 Å². The highest BCUT2D eigenvalue weighted by Gasteiger charge is 2.21. The first-order valence-electron chi connectivity index (χ1n) is 8.65. The summed E-state index contributed by atoms with van der Waals surface area (Å²) in [6, 6.07) is 16.0. The van der Waals surface area contributed by atoms with Gasteiger partial charge in [-0.2, -0.15) is 0 Å². The average Bonchev–Trinajstić information content (AvgIpc) is 2.69. The van der Waals surface area contributed by atoms with Crippen molar-refractivity contribution in [1.29, 1.82) is 0 Å². The summed E-state index contributed by atoms with van der Waals surface area (Å²) in [5.74, 6) is 0.273. The molecule has 0 aliphatic carbocycles. The molecule has 0 aliphatic heterocycles. The Bertz CT molecular complexity index is 1130. The van der Waals surface area contributed by atoms with Crippen molar-refractivity contribution in [3.05, 3.63) is 97.6 Å². The van der Waals surface area contributed by atoms with Gasteiger partial charge in [-0.1, -0.05) is 18.2 Å². The van der Waals surface area contributed by atoms with Crippen LogP contribution in [-0.2, 0) is 0 Å². The van der Waals surface area contributed by atoms with Gasteiger partial charge in [-0.25, -0.2) is 0 Å². The molecule has 0 heterocycles.